The molecule has 0 saturated carbocycles. The second-order valence-corrected chi connectivity index (χ2v) is 6.84. The molecule has 0 bridgehead atoms. The Morgan fingerprint density at radius 2 is 1.89 bits per heavy atom. The van der Waals surface area contributed by atoms with E-state index in [-0.39, 0.29) is 31.2 Å². The van der Waals surface area contributed by atoms with Crippen LogP contribution in [0.25, 0.3) is 0 Å². The molecule has 0 aromatic heterocycles. The van der Waals surface area contributed by atoms with Crippen LogP contribution in [0.4, 0.5) is 16.2 Å². The lowest BCUT2D eigenvalue weighted by Crippen LogP contribution is -2.39. The summed E-state index contributed by atoms with van der Waals surface area (Å²) in [5.74, 6) is 1.27. The van der Waals surface area contributed by atoms with E-state index in [9.17, 15) is 9.59 Å². The molecule has 2 heterocycles. The van der Waals surface area contributed by atoms with Gasteiger partial charge in [0.15, 0.2) is 11.5 Å². The first-order valence-electron chi connectivity index (χ1n) is 8.84. The average molecular weight is 367 g/mol. The van der Waals surface area contributed by atoms with E-state index in [1.54, 1.807) is 23.1 Å². The van der Waals surface area contributed by atoms with Crippen molar-refractivity contribution in [3.05, 3.63) is 47.5 Å². The molecule has 1 atom stereocenters. The third kappa shape index (κ3) is 3.53. The van der Waals surface area contributed by atoms with Crippen LogP contribution in [0, 0.1) is 13.8 Å². The Hall–Kier alpha value is -3.22. The van der Waals surface area contributed by atoms with Crippen LogP contribution in [0.1, 0.15) is 17.5 Å². The summed E-state index contributed by atoms with van der Waals surface area (Å²) in [6.45, 7) is 4.70. The average Bonchev–Trinajstić information content (AvgIpc) is 3.23. The van der Waals surface area contributed by atoms with E-state index < -0.39 is 0 Å². The van der Waals surface area contributed by atoms with Gasteiger partial charge in [0, 0.05) is 30.4 Å². The van der Waals surface area contributed by atoms with E-state index in [0.717, 1.165) is 11.3 Å². The summed E-state index contributed by atoms with van der Waals surface area (Å²) in [6.07, 6.45) is 0.279. The van der Waals surface area contributed by atoms with E-state index in [0.29, 0.717) is 23.7 Å². The Morgan fingerprint density at radius 1 is 1.07 bits per heavy atom. The zero-order valence-electron chi connectivity index (χ0n) is 15.2. The van der Waals surface area contributed by atoms with Crippen molar-refractivity contribution >= 4 is 23.3 Å². The van der Waals surface area contributed by atoms with Gasteiger partial charge >= 0.3 is 6.03 Å². The summed E-state index contributed by atoms with van der Waals surface area (Å²) < 4.78 is 10.6. The molecule has 140 valence electrons. The fraction of sp³-hybridized carbons (Fsp3) is 0.300. The van der Waals surface area contributed by atoms with Gasteiger partial charge in [-0.3, -0.25) is 4.79 Å². The number of amides is 3. The number of ether oxygens (including phenoxy) is 2. The number of rotatable bonds is 3. The molecule has 3 amide bonds. The number of carbonyl (C=O) groups is 2. The highest BCUT2D eigenvalue weighted by Crippen LogP contribution is 2.34. The van der Waals surface area contributed by atoms with Crippen molar-refractivity contribution in [3.63, 3.8) is 0 Å². The van der Waals surface area contributed by atoms with Gasteiger partial charge in [-0.05, 0) is 49.2 Å². The Morgan fingerprint density at radius 3 is 2.70 bits per heavy atom. The van der Waals surface area contributed by atoms with Gasteiger partial charge in [0.05, 0.1) is 6.04 Å². The van der Waals surface area contributed by atoms with Gasteiger partial charge in [-0.25, -0.2) is 4.79 Å². The van der Waals surface area contributed by atoms with Crippen molar-refractivity contribution in [2.24, 2.45) is 0 Å². The molecule has 0 spiro atoms. The molecule has 2 aliphatic heterocycles. The van der Waals surface area contributed by atoms with Gasteiger partial charge in [-0.2, -0.15) is 0 Å². The predicted octanol–water partition coefficient (Wildman–Crippen LogP) is 2.96. The number of aryl methyl sites for hydroxylation is 2. The molecule has 2 aromatic carbocycles. The molecule has 0 radical (unpaired) electrons. The molecular weight excluding hydrogens is 346 g/mol. The number of anilines is 2. The molecule has 1 saturated heterocycles. The Labute approximate surface area is 157 Å². The van der Waals surface area contributed by atoms with Crippen molar-refractivity contribution in [2.75, 3.05) is 23.6 Å². The van der Waals surface area contributed by atoms with E-state index in [2.05, 4.69) is 10.6 Å². The van der Waals surface area contributed by atoms with Crippen molar-refractivity contribution in [1.82, 2.24) is 5.32 Å². The summed E-state index contributed by atoms with van der Waals surface area (Å²) >= 11 is 0. The lowest BCUT2D eigenvalue weighted by atomic mass is 10.1. The fourth-order valence-electron chi connectivity index (χ4n) is 3.27. The molecule has 2 aliphatic rings. The summed E-state index contributed by atoms with van der Waals surface area (Å²) in [5, 5.41) is 5.64. The largest absolute Gasteiger partial charge is 0.454 e. The number of nitrogens with one attached hydrogen (secondary N) is 2. The van der Waals surface area contributed by atoms with E-state index in [1.165, 1.54) is 5.56 Å². The van der Waals surface area contributed by atoms with Gasteiger partial charge in [0.2, 0.25) is 12.7 Å². The van der Waals surface area contributed by atoms with Gasteiger partial charge in [0.25, 0.3) is 0 Å². The van der Waals surface area contributed by atoms with Crippen molar-refractivity contribution in [3.8, 4) is 11.5 Å². The van der Waals surface area contributed by atoms with Crippen molar-refractivity contribution < 1.29 is 19.1 Å². The smallest absolute Gasteiger partial charge is 0.319 e. The van der Waals surface area contributed by atoms with Crippen LogP contribution in [-0.4, -0.2) is 31.3 Å². The minimum absolute atomic E-state index is 0.00614. The minimum atomic E-state index is -0.353. The van der Waals surface area contributed by atoms with E-state index in [1.807, 2.05) is 32.0 Å². The predicted molar refractivity (Wildman–Crippen MR) is 101 cm³/mol. The first-order valence-corrected chi connectivity index (χ1v) is 8.84. The second-order valence-electron chi connectivity index (χ2n) is 6.84. The molecule has 1 unspecified atom stereocenters. The topological polar surface area (TPSA) is 79.9 Å². The standard InChI is InChI=1S/C20H21N3O4/c1-12-3-5-16(7-13(12)2)23-10-15(9-19(23)24)22-20(25)21-14-4-6-17-18(8-14)27-11-26-17/h3-8,15H,9-11H2,1-2H3,(H2,21,22,25). The van der Waals surface area contributed by atoms with Gasteiger partial charge in [0.1, 0.15) is 0 Å². The highest BCUT2D eigenvalue weighted by Gasteiger charge is 2.31. The zero-order valence-corrected chi connectivity index (χ0v) is 15.2. The third-order valence-electron chi connectivity index (χ3n) is 4.89. The molecular formula is C20H21N3O4. The molecule has 0 aliphatic carbocycles. The van der Waals surface area contributed by atoms with Crippen LogP contribution in [-0.2, 0) is 4.79 Å². The maximum absolute atomic E-state index is 12.4. The van der Waals surface area contributed by atoms with Gasteiger partial charge in [-0.1, -0.05) is 6.07 Å². The zero-order chi connectivity index (χ0) is 19.0. The molecule has 27 heavy (non-hydrogen) atoms. The number of benzene rings is 2. The van der Waals surface area contributed by atoms with Crippen LogP contribution < -0.4 is 25.0 Å². The molecule has 2 N–H and O–H groups in total. The Balaban J connectivity index is 1.38. The SMILES string of the molecule is Cc1ccc(N2CC(NC(=O)Nc3ccc4c(c3)OCO4)CC2=O)cc1C. The van der Waals surface area contributed by atoms with Crippen LogP contribution in [0.15, 0.2) is 36.4 Å². The van der Waals surface area contributed by atoms with Crippen molar-refractivity contribution in [1.29, 1.82) is 0 Å². The lowest BCUT2D eigenvalue weighted by molar-refractivity contribution is -0.117. The van der Waals surface area contributed by atoms with E-state index in [4.69, 9.17) is 9.47 Å². The van der Waals surface area contributed by atoms with Crippen LogP contribution >= 0.6 is 0 Å². The second kappa shape index (κ2) is 6.83. The summed E-state index contributed by atoms with van der Waals surface area (Å²) in [5.41, 5.74) is 3.79. The van der Waals surface area contributed by atoms with Crippen LogP contribution in [0.5, 0.6) is 11.5 Å². The van der Waals surface area contributed by atoms with Crippen LogP contribution in [0.2, 0.25) is 0 Å². The molecule has 4 rings (SSSR count). The minimum Gasteiger partial charge on any atom is -0.454 e. The number of carbonyl (C=O) groups excluding carboxylic acids is 2. The monoisotopic (exact) mass is 367 g/mol. The molecule has 1 fully saturated rings. The maximum Gasteiger partial charge on any atom is 0.319 e. The van der Waals surface area contributed by atoms with Crippen molar-refractivity contribution in [2.45, 2.75) is 26.3 Å². The first-order chi connectivity index (χ1) is 13.0. The van der Waals surface area contributed by atoms with E-state index >= 15 is 0 Å². The lowest BCUT2D eigenvalue weighted by Gasteiger charge is -2.18. The summed E-state index contributed by atoms with van der Waals surface area (Å²) in [7, 11) is 0. The number of fused-ring (bicyclic) bond motifs is 1. The highest BCUT2D eigenvalue weighted by molar-refractivity contribution is 5.97. The normalized spacial score (nSPS) is 17.9. The maximum atomic E-state index is 12.4. The van der Waals surface area contributed by atoms with Gasteiger partial charge < -0.3 is 25.0 Å². The number of hydrogen-bond donors (Lipinski definition) is 2. The Kier molecular flexibility index (Phi) is 4.35. The molecule has 7 heteroatoms. The molecule has 2 aromatic rings. The highest BCUT2D eigenvalue weighted by atomic mass is 16.7. The molecule has 7 nitrogen and oxygen atoms in total. The number of hydrogen-bond acceptors (Lipinski definition) is 4. The van der Waals surface area contributed by atoms with Crippen LogP contribution in [0.3, 0.4) is 0 Å². The fourth-order valence-corrected chi connectivity index (χ4v) is 3.27. The number of nitrogens with zero attached hydrogens (tertiary/aromatic N) is 1. The first kappa shape index (κ1) is 17.2. The number of urea groups is 1. The summed E-state index contributed by atoms with van der Waals surface area (Å²) in [4.78, 5) is 26.4. The quantitative estimate of drug-likeness (QED) is 0.874. The summed E-state index contributed by atoms with van der Waals surface area (Å²) in [6, 6.07) is 10.6. The van der Waals surface area contributed by atoms with Gasteiger partial charge in [-0.15, -0.1) is 0 Å². The third-order valence-corrected chi connectivity index (χ3v) is 4.89. The Bertz CT molecular complexity index is 912.